The Morgan fingerprint density at radius 2 is 1.79 bits per heavy atom. The van der Waals surface area contributed by atoms with Crippen LogP contribution in [0.15, 0.2) is 42.5 Å². The highest BCUT2D eigenvalue weighted by atomic mass is 16.5. The van der Waals surface area contributed by atoms with Gasteiger partial charge in [-0.2, -0.15) is 0 Å². The van der Waals surface area contributed by atoms with E-state index in [1.165, 1.54) is 0 Å². The van der Waals surface area contributed by atoms with E-state index in [0.717, 1.165) is 11.1 Å². The Balaban J connectivity index is 2.58. The van der Waals surface area contributed by atoms with Crippen molar-refractivity contribution in [2.75, 3.05) is 14.2 Å². The quantitative estimate of drug-likeness (QED) is 0.915. The number of methoxy groups -OCH3 is 2. The molecule has 19 heavy (non-hydrogen) atoms. The molecule has 4 heteroatoms. The molecule has 2 aromatic rings. The summed E-state index contributed by atoms with van der Waals surface area (Å²) in [5, 5.41) is 9.03. The number of ether oxygens (including phenoxy) is 2. The number of carbonyl (C=O) groups is 1. The second kappa shape index (κ2) is 5.44. The SMILES string of the molecule is COc1cccc(-c2cccc(C(=O)O)c2)c1OC. The molecule has 0 aliphatic heterocycles. The predicted octanol–water partition coefficient (Wildman–Crippen LogP) is 3.07. The van der Waals surface area contributed by atoms with Crippen molar-refractivity contribution in [2.45, 2.75) is 0 Å². The van der Waals surface area contributed by atoms with E-state index in [1.807, 2.05) is 18.2 Å². The minimum Gasteiger partial charge on any atom is -0.493 e. The molecule has 0 radical (unpaired) electrons. The molecule has 0 unspecified atom stereocenters. The fourth-order valence-corrected chi connectivity index (χ4v) is 1.93. The molecule has 0 heterocycles. The van der Waals surface area contributed by atoms with Crippen LogP contribution in [-0.2, 0) is 0 Å². The Kier molecular flexibility index (Phi) is 3.71. The predicted molar refractivity (Wildman–Crippen MR) is 71.9 cm³/mol. The zero-order valence-corrected chi connectivity index (χ0v) is 10.7. The summed E-state index contributed by atoms with van der Waals surface area (Å²) in [6, 6.07) is 12.2. The number of para-hydroxylation sites is 1. The van der Waals surface area contributed by atoms with Crippen molar-refractivity contribution in [3.05, 3.63) is 48.0 Å². The van der Waals surface area contributed by atoms with E-state index >= 15 is 0 Å². The lowest BCUT2D eigenvalue weighted by atomic mass is 10.0. The minimum atomic E-state index is -0.955. The molecule has 2 aromatic carbocycles. The Bertz CT molecular complexity index is 605. The molecule has 0 aliphatic rings. The molecule has 0 aromatic heterocycles. The topological polar surface area (TPSA) is 55.8 Å². The van der Waals surface area contributed by atoms with Crippen LogP contribution in [0.1, 0.15) is 10.4 Å². The van der Waals surface area contributed by atoms with Gasteiger partial charge >= 0.3 is 5.97 Å². The molecule has 98 valence electrons. The van der Waals surface area contributed by atoms with E-state index in [1.54, 1.807) is 38.5 Å². The zero-order valence-electron chi connectivity index (χ0n) is 10.7. The Morgan fingerprint density at radius 1 is 1.05 bits per heavy atom. The van der Waals surface area contributed by atoms with Crippen molar-refractivity contribution in [1.29, 1.82) is 0 Å². The molecule has 0 bridgehead atoms. The van der Waals surface area contributed by atoms with Crippen molar-refractivity contribution in [1.82, 2.24) is 0 Å². The molecule has 0 aliphatic carbocycles. The molecule has 4 nitrogen and oxygen atoms in total. The van der Waals surface area contributed by atoms with Gasteiger partial charge in [0.05, 0.1) is 19.8 Å². The average Bonchev–Trinajstić information content (AvgIpc) is 2.46. The molecule has 2 rings (SSSR count). The van der Waals surface area contributed by atoms with E-state index in [2.05, 4.69) is 0 Å². The van der Waals surface area contributed by atoms with Gasteiger partial charge in [-0.15, -0.1) is 0 Å². The highest BCUT2D eigenvalue weighted by molar-refractivity contribution is 5.90. The molecule has 0 amide bonds. The maximum Gasteiger partial charge on any atom is 0.335 e. The lowest BCUT2D eigenvalue weighted by Crippen LogP contribution is -1.97. The van der Waals surface area contributed by atoms with E-state index in [-0.39, 0.29) is 5.56 Å². The first-order chi connectivity index (χ1) is 9.17. The summed E-state index contributed by atoms with van der Waals surface area (Å²) in [6.45, 7) is 0. The van der Waals surface area contributed by atoms with Crippen LogP contribution in [0.2, 0.25) is 0 Å². The highest BCUT2D eigenvalue weighted by Crippen LogP contribution is 2.37. The number of hydrogen-bond acceptors (Lipinski definition) is 3. The van der Waals surface area contributed by atoms with Crippen molar-refractivity contribution in [3.8, 4) is 22.6 Å². The normalized spacial score (nSPS) is 10.0. The van der Waals surface area contributed by atoms with Crippen LogP contribution in [0.25, 0.3) is 11.1 Å². The van der Waals surface area contributed by atoms with Crippen molar-refractivity contribution in [3.63, 3.8) is 0 Å². The van der Waals surface area contributed by atoms with E-state index in [0.29, 0.717) is 11.5 Å². The number of hydrogen-bond donors (Lipinski definition) is 1. The van der Waals surface area contributed by atoms with Gasteiger partial charge in [0.2, 0.25) is 0 Å². The van der Waals surface area contributed by atoms with Gasteiger partial charge in [0, 0.05) is 5.56 Å². The first kappa shape index (κ1) is 13.0. The first-order valence-electron chi connectivity index (χ1n) is 5.72. The smallest absolute Gasteiger partial charge is 0.335 e. The molecule has 0 atom stereocenters. The summed E-state index contributed by atoms with van der Waals surface area (Å²) in [4.78, 5) is 11.0. The Labute approximate surface area is 111 Å². The lowest BCUT2D eigenvalue weighted by molar-refractivity contribution is 0.0697. The maximum atomic E-state index is 11.0. The van der Waals surface area contributed by atoms with Crippen LogP contribution < -0.4 is 9.47 Å². The fourth-order valence-electron chi connectivity index (χ4n) is 1.93. The van der Waals surface area contributed by atoms with E-state index < -0.39 is 5.97 Å². The third-order valence-electron chi connectivity index (χ3n) is 2.82. The summed E-state index contributed by atoms with van der Waals surface area (Å²) in [5.74, 6) is 0.247. The van der Waals surface area contributed by atoms with Crippen LogP contribution in [0.4, 0.5) is 0 Å². The first-order valence-corrected chi connectivity index (χ1v) is 5.72. The van der Waals surface area contributed by atoms with E-state index in [9.17, 15) is 4.79 Å². The number of benzene rings is 2. The van der Waals surface area contributed by atoms with Gasteiger partial charge in [0.1, 0.15) is 0 Å². The molecule has 0 saturated carbocycles. The van der Waals surface area contributed by atoms with E-state index in [4.69, 9.17) is 14.6 Å². The van der Waals surface area contributed by atoms with Crippen molar-refractivity contribution < 1.29 is 19.4 Å². The summed E-state index contributed by atoms with van der Waals surface area (Å²) in [6.07, 6.45) is 0. The molecule has 0 saturated heterocycles. The van der Waals surface area contributed by atoms with Crippen LogP contribution >= 0.6 is 0 Å². The number of carboxylic acids is 1. The van der Waals surface area contributed by atoms with Gasteiger partial charge in [0.25, 0.3) is 0 Å². The van der Waals surface area contributed by atoms with Crippen LogP contribution in [0.3, 0.4) is 0 Å². The fraction of sp³-hybridized carbons (Fsp3) is 0.133. The van der Waals surface area contributed by atoms with Crippen molar-refractivity contribution in [2.24, 2.45) is 0 Å². The Morgan fingerprint density at radius 3 is 2.42 bits per heavy atom. The van der Waals surface area contributed by atoms with Gasteiger partial charge in [-0.3, -0.25) is 0 Å². The number of rotatable bonds is 4. The van der Waals surface area contributed by atoms with Crippen molar-refractivity contribution >= 4 is 5.97 Å². The minimum absolute atomic E-state index is 0.238. The third-order valence-corrected chi connectivity index (χ3v) is 2.82. The molecule has 0 fully saturated rings. The van der Waals surface area contributed by atoms with Gasteiger partial charge in [-0.1, -0.05) is 24.3 Å². The molecule has 1 N–H and O–H groups in total. The zero-order chi connectivity index (χ0) is 13.8. The summed E-state index contributed by atoms with van der Waals surface area (Å²) < 4.78 is 10.6. The van der Waals surface area contributed by atoms with Gasteiger partial charge in [0.15, 0.2) is 11.5 Å². The van der Waals surface area contributed by atoms with Crippen LogP contribution in [0.5, 0.6) is 11.5 Å². The summed E-state index contributed by atoms with van der Waals surface area (Å²) in [5.41, 5.74) is 1.81. The standard InChI is InChI=1S/C15H14O4/c1-18-13-8-4-7-12(14(13)19-2)10-5-3-6-11(9-10)15(16)17/h3-9H,1-2H3,(H,16,17). The van der Waals surface area contributed by atoms with Gasteiger partial charge in [-0.25, -0.2) is 4.79 Å². The summed E-state index contributed by atoms with van der Waals surface area (Å²) in [7, 11) is 3.12. The van der Waals surface area contributed by atoms with Crippen LogP contribution in [-0.4, -0.2) is 25.3 Å². The highest BCUT2D eigenvalue weighted by Gasteiger charge is 2.12. The number of carboxylic acid groups (broad SMARTS) is 1. The monoisotopic (exact) mass is 258 g/mol. The Hall–Kier alpha value is -2.49. The van der Waals surface area contributed by atoms with Gasteiger partial charge in [-0.05, 0) is 23.8 Å². The third kappa shape index (κ3) is 2.52. The lowest BCUT2D eigenvalue weighted by Gasteiger charge is -2.12. The second-order valence-electron chi connectivity index (χ2n) is 3.93. The maximum absolute atomic E-state index is 11.0. The second-order valence-corrected chi connectivity index (χ2v) is 3.93. The largest absolute Gasteiger partial charge is 0.493 e. The van der Waals surface area contributed by atoms with Crippen LogP contribution in [0, 0.1) is 0 Å². The molecular weight excluding hydrogens is 244 g/mol. The molecular formula is C15H14O4. The average molecular weight is 258 g/mol. The number of aromatic carboxylic acids is 1. The molecule has 0 spiro atoms. The van der Waals surface area contributed by atoms with Gasteiger partial charge < -0.3 is 14.6 Å². The summed E-state index contributed by atoms with van der Waals surface area (Å²) >= 11 is 0.